The van der Waals surface area contributed by atoms with Crippen molar-refractivity contribution < 1.29 is 9.90 Å². The van der Waals surface area contributed by atoms with E-state index in [1.54, 1.807) is 0 Å². The van der Waals surface area contributed by atoms with Gasteiger partial charge in [0.15, 0.2) is 0 Å². The third-order valence-electron chi connectivity index (χ3n) is 3.04. The Hall–Kier alpha value is -0.570. The molecule has 12 heavy (non-hydrogen) atoms. The lowest BCUT2D eigenvalue weighted by atomic mass is 10.1. The monoisotopic (exact) mass is 169 g/mol. The Morgan fingerprint density at radius 1 is 1.83 bits per heavy atom. The topological polar surface area (TPSA) is 49.3 Å². The van der Waals surface area contributed by atoms with E-state index in [1.165, 1.54) is 0 Å². The molecule has 2 N–H and O–H groups in total. The number of nitrogens with one attached hydrogen (secondary N) is 1. The number of carbonyl (C=O) groups is 1. The van der Waals surface area contributed by atoms with Crippen LogP contribution in [0.5, 0.6) is 0 Å². The van der Waals surface area contributed by atoms with Gasteiger partial charge in [-0.25, -0.2) is 0 Å². The third kappa shape index (κ3) is 1.22. The summed E-state index contributed by atoms with van der Waals surface area (Å²) in [5.74, 6) is 0.715. The molecule has 0 aromatic heterocycles. The van der Waals surface area contributed by atoms with Crippen molar-refractivity contribution in [3.8, 4) is 0 Å². The second-order valence-electron chi connectivity index (χ2n) is 4.19. The fraction of sp³-hybridized carbons (Fsp3) is 0.889. The van der Waals surface area contributed by atoms with E-state index in [0.29, 0.717) is 12.3 Å². The molecular formula is C9H15NO2. The average molecular weight is 169 g/mol. The van der Waals surface area contributed by atoms with Gasteiger partial charge in [0.05, 0.1) is 6.10 Å². The second kappa shape index (κ2) is 2.46. The maximum atomic E-state index is 11.0. The van der Waals surface area contributed by atoms with Crippen molar-refractivity contribution in [2.45, 2.75) is 44.2 Å². The van der Waals surface area contributed by atoms with Gasteiger partial charge in [0, 0.05) is 12.0 Å². The van der Waals surface area contributed by atoms with Crippen LogP contribution in [0.2, 0.25) is 0 Å². The highest BCUT2D eigenvalue weighted by atomic mass is 16.3. The van der Waals surface area contributed by atoms with Gasteiger partial charge >= 0.3 is 0 Å². The van der Waals surface area contributed by atoms with Crippen molar-refractivity contribution in [1.29, 1.82) is 0 Å². The van der Waals surface area contributed by atoms with Gasteiger partial charge in [0.2, 0.25) is 5.91 Å². The Morgan fingerprint density at radius 3 is 3.08 bits per heavy atom. The molecule has 1 aliphatic heterocycles. The zero-order chi connectivity index (χ0) is 8.77. The van der Waals surface area contributed by atoms with E-state index in [2.05, 4.69) is 5.32 Å². The molecular weight excluding hydrogens is 154 g/mol. The van der Waals surface area contributed by atoms with Gasteiger partial charge in [-0.3, -0.25) is 4.79 Å². The molecule has 2 fully saturated rings. The normalized spacial score (nSPS) is 41.5. The molecule has 68 valence electrons. The van der Waals surface area contributed by atoms with Crippen LogP contribution in [-0.2, 0) is 4.79 Å². The van der Waals surface area contributed by atoms with Crippen molar-refractivity contribution >= 4 is 5.91 Å². The molecule has 1 spiro atoms. The molecule has 0 radical (unpaired) electrons. The van der Waals surface area contributed by atoms with Crippen LogP contribution in [0.3, 0.4) is 0 Å². The molecule has 1 saturated heterocycles. The first kappa shape index (κ1) is 8.05. The molecule has 0 aromatic rings. The average Bonchev–Trinajstić information content (AvgIpc) is 2.42. The number of aliphatic hydroxyl groups excluding tert-OH is 1. The summed E-state index contributed by atoms with van der Waals surface area (Å²) in [5.41, 5.74) is 0.105. The summed E-state index contributed by atoms with van der Waals surface area (Å²) in [4.78, 5) is 11.0. The SMILES string of the molecule is CC(O)CC1CC12CCC(=O)N2. The lowest BCUT2D eigenvalue weighted by Gasteiger charge is -2.09. The van der Waals surface area contributed by atoms with Crippen LogP contribution in [0.4, 0.5) is 0 Å². The van der Waals surface area contributed by atoms with Crippen LogP contribution >= 0.6 is 0 Å². The maximum absolute atomic E-state index is 11.0. The minimum Gasteiger partial charge on any atom is -0.393 e. The molecule has 0 aromatic carbocycles. The molecule has 1 heterocycles. The van der Waals surface area contributed by atoms with E-state index >= 15 is 0 Å². The Bertz CT molecular complexity index is 215. The van der Waals surface area contributed by atoms with E-state index < -0.39 is 0 Å². The summed E-state index contributed by atoms with van der Waals surface area (Å²) in [6.45, 7) is 1.81. The van der Waals surface area contributed by atoms with E-state index in [1.807, 2.05) is 6.92 Å². The van der Waals surface area contributed by atoms with Crippen LogP contribution in [0.15, 0.2) is 0 Å². The van der Waals surface area contributed by atoms with E-state index in [9.17, 15) is 4.79 Å². The van der Waals surface area contributed by atoms with Gasteiger partial charge in [0.1, 0.15) is 0 Å². The summed E-state index contributed by atoms with van der Waals surface area (Å²) in [7, 11) is 0. The highest BCUT2D eigenvalue weighted by Crippen LogP contribution is 2.51. The molecule has 3 nitrogen and oxygen atoms in total. The third-order valence-corrected chi connectivity index (χ3v) is 3.04. The predicted octanol–water partition coefficient (Wildman–Crippen LogP) is 0.426. The van der Waals surface area contributed by atoms with Crippen LogP contribution in [0.25, 0.3) is 0 Å². The number of rotatable bonds is 2. The Morgan fingerprint density at radius 2 is 2.58 bits per heavy atom. The van der Waals surface area contributed by atoms with Gasteiger partial charge in [-0.05, 0) is 32.1 Å². The van der Waals surface area contributed by atoms with Crippen LogP contribution in [-0.4, -0.2) is 22.7 Å². The van der Waals surface area contributed by atoms with Gasteiger partial charge in [-0.2, -0.15) is 0 Å². The maximum Gasteiger partial charge on any atom is 0.220 e. The zero-order valence-corrected chi connectivity index (χ0v) is 7.34. The first-order chi connectivity index (χ1) is 5.62. The summed E-state index contributed by atoms with van der Waals surface area (Å²) in [6.07, 6.45) is 3.33. The quantitative estimate of drug-likeness (QED) is 0.629. The van der Waals surface area contributed by atoms with E-state index in [4.69, 9.17) is 5.11 Å². The molecule has 1 saturated carbocycles. The number of amides is 1. The number of hydrogen-bond acceptors (Lipinski definition) is 2. The van der Waals surface area contributed by atoms with Crippen molar-refractivity contribution in [2.75, 3.05) is 0 Å². The first-order valence-electron chi connectivity index (χ1n) is 4.61. The van der Waals surface area contributed by atoms with Gasteiger partial charge in [-0.1, -0.05) is 0 Å². The molecule has 2 aliphatic rings. The smallest absolute Gasteiger partial charge is 0.220 e. The zero-order valence-electron chi connectivity index (χ0n) is 7.34. The summed E-state index contributed by atoms with van der Waals surface area (Å²) >= 11 is 0. The largest absolute Gasteiger partial charge is 0.393 e. The van der Waals surface area contributed by atoms with Crippen molar-refractivity contribution in [1.82, 2.24) is 5.32 Å². The Balaban J connectivity index is 1.89. The Kier molecular flexibility index (Phi) is 1.65. The molecule has 1 aliphatic carbocycles. The predicted molar refractivity (Wildman–Crippen MR) is 44.5 cm³/mol. The fourth-order valence-corrected chi connectivity index (χ4v) is 2.30. The number of carbonyl (C=O) groups excluding carboxylic acids is 1. The number of hydrogen-bond donors (Lipinski definition) is 2. The molecule has 3 heteroatoms. The van der Waals surface area contributed by atoms with E-state index in [-0.39, 0.29) is 17.6 Å². The minimum atomic E-state index is -0.230. The van der Waals surface area contributed by atoms with Gasteiger partial charge in [0.25, 0.3) is 0 Å². The van der Waals surface area contributed by atoms with Gasteiger partial charge in [-0.15, -0.1) is 0 Å². The standard InChI is InChI=1S/C9H15NO2/c1-6(11)4-7-5-9(7)3-2-8(12)10-9/h6-7,11H,2-5H2,1H3,(H,10,12). The molecule has 0 bridgehead atoms. The van der Waals surface area contributed by atoms with Crippen LogP contribution in [0.1, 0.15) is 32.6 Å². The van der Waals surface area contributed by atoms with Crippen LogP contribution in [0, 0.1) is 5.92 Å². The van der Waals surface area contributed by atoms with Crippen molar-refractivity contribution in [2.24, 2.45) is 5.92 Å². The second-order valence-corrected chi connectivity index (χ2v) is 4.19. The van der Waals surface area contributed by atoms with Crippen molar-refractivity contribution in [3.05, 3.63) is 0 Å². The molecule has 2 rings (SSSR count). The number of aliphatic hydroxyl groups is 1. The minimum absolute atomic E-state index is 0.105. The fourth-order valence-electron chi connectivity index (χ4n) is 2.30. The molecule has 3 atom stereocenters. The van der Waals surface area contributed by atoms with E-state index in [0.717, 1.165) is 19.3 Å². The first-order valence-corrected chi connectivity index (χ1v) is 4.61. The summed E-state index contributed by atoms with van der Waals surface area (Å²) < 4.78 is 0. The highest BCUT2D eigenvalue weighted by Gasteiger charge is 2.57. The highest BCUT2D eigenvalue weighted by molar-refractivity contribution is 5.80. The summed E-state index contributed by atoms with van der Waals surface area (Å²) in [6, 6.07) is 0. The Labute approximate surface area is 72.2 Å². The van der Waals surface area contributed by atoms with Crippen molar-refractivity contribution in [3.63, 3.8) is 0 Å². The van der Waals surface area contributed by atoms with Gasteiger partial charge < -0.3 is 10.4 Å². The molecule has 1 amide bonds. The van der Waals surface area contributed by atoms with Crippen LogP contribution < -0.4 is 5.32 Å². The molecule has 3 unspecified atom stereocenters. The lowest BCUT2D eigenvalue weighted by molar-refractivity contribution is -0.119. The lowest BCUT2D eigenvalue weighted by Crippen LogP contribution is -2.29. The summed E-state index contributed by atoms with van der Waals surface area (Å²) in [5, 5.41) is 12.2.